The van der Waals surface area contributed by atoms with E-state index in [0.717, 1.165) is 55.2 Å². The maximum absolute atomic E-state index is 9.51. The summed E-state index contributed by atoms with van der Waals surface area (Å²) >= 11 is 0. The van der Waals surface area contributed by atoms with Gasteiger partial charge in [0.15, 0.2) is 17.5 Å². The summed E-state index contributed by atoms with van der Waals surface area (Å²) in [5.41, 5.74) is 9.63. The number of para-hydroxylation sites is 4. The molecule has 0 saturated heterocycles. The Bertz CT molecular complexity index is 3850. The van der Waals surface area contributed by atoms with Gasteiger partial charge in [-0.1, -0.05) is 182 Å². The Morgan fingerprint density at radius 1 is 0.371 bits per heavy atom. The van der Waals surface area contributed by atoms with Crippen molar-refractivity contribution >= 4 is 43.7 Å². The second-order valence-corrected chi connectivity index (χ2v) is 15.1. The fraction of sp³-hybridized carbons (Fsp3) is 0. The van der Waals surface area contributed by atoms with Crippen molar-refractivity contribution in [2.24, 2.45) is 0 Å². The highest BCUT2D eigenvalue weighted by Crippen LogP contribution is 2.42. The summed E-state index contributed by atoms with van der Waals surface area (Å²) in [5.74, 6) is 1.35. The van der Waals surface area contributed by atoms with Crippen molar-refractivity contribution in [3.05, 3.63) is 218 Å². The van der Waals surface area contributed by atoms with Crippen LogP contribution in [0.1, 0.15) is 8.22 Å². The molecule has 0 fully saturated rings. The van der Waals surface area contributed by atoms with E-state index >= 15 is 0 Å². The largest absolute Gasteiger partial charge is 0.455 e. The highest BCUT2D eigenvalue weighted by Gasteiger charge is 2.21. The third kappa shape index (κ3) is 6.06. The van der Waals surface area contributed by atoms with Crippen LogP contribution in [-0.2, 0) is 0 Å². The molecule has 5 nitrogen and oxygen atoms in total. The minimum absolute atomic E-state index is 0.0219. The zero-order chi connectivity index (χ0) is 46.2. The highest BCUT2D eigenvalue weighted by atomic mass is 16.3. The lowest BCUT2D eigenvalue weighted by atomic mass is 9.98. The summed E-state index contributed by atoms with van der Waals surface area (Å²) < 4.78 is 62.4. The molecule has 9 aromatic carbocycles. The second kappa shape index (κ2) is 14.7. The van der Waals surface area contributed by atoms with Crippen LogP contribution in [0.25, 0.3) is 117 Å². The molecule has 0 saturated carbocycles. The SMILES string of the molecule is [2H]c1cc([2H])c2oc3c(-c4ccc(-c5nc(-c6cccc(-c7ccccc7)c6)nc(-c6cccc(-c7ccccc7)c6)n5)cc4-n4c5ccccc5c5ccccc54)c([2H])c([2H])c([2H])c3c2c1[2H]. The van der Waals surface area contributed by atoms with Gasteiger partial charge in [-0.15, -0.1) is 0 Å². The van der Waals surface area contributed by atoms with Crippen molar-refractivity contribution in [1.82, 2.24) is 19.5 Å². The van der Waals surface area contributed by atoms with Gasteiger partial charge in [0.2, 0.25) is 0 Å². The molecule has 0 bridgehead atoms. The Labute approximate surface area is 366 Å². The van der Waals surface area contributed by atoms with Crippen molar-refractivity contribution in [1.29, 1.82) is 0 Å². The van der Waals surface area contributed by atoms with Gasteiger partial charge in [0, 0.05) is 49.4 Å². The highest BCUT2D eigenvalue weighted by molar-refractivity contribution is 6.12. The molecule has 5 heteroatoms. The van der Waals surface area contributed by atoms with E-state index in [1.165, 1.54) is 6.07 Å². The zero-order valence-corrected chi connectivity index (χ0v) is 33.0. The minimum atomic E-state index is -0.365. The Balaban J connectivity index is 1.15. The number of nitrogens with zero attached hydrogens (tertiary/aromatic N) is 4. The maximum atomic E-state index is 9.51. The lowest BCUT2D eigenvalue weighted by molar-refractivity contribution is 0.670. The Morgan fingerprint density at radius 2 is 0.887 bits per heavy atom. The average molecular weight is 799 g/mol. The molecule has 62 heavy (non-hydrogen) atoms. The second-order valence-electron chi connectivity index (χ2n) is 15.1. The summed E-state index contributed by atoms with van der Waals surface area (Å²) in [5, 5.41) is 2.22. The van der Waals surface area contributed by atoms with Crippen LogP contribution in [0, 0.1) is 0 Å². The van der Waals surface area contributed by atoms with Gasteiger partial charge in [-0.05, 0) is 58.6 Å². The summed E-state index contributed by atoms with van der Waals surface area (Å²) in [7, 11) is 0. The normalized spacial score (nSPS) is 12.9. The molecular weight excluding hydrogens is 757 g/mol. The van der Waals surface area contributed by atoms with Crippen molar-refractivity contribution in [3.8, 4) is 73.2 Å². The van der Waals surface area contributed by atoms with Gasteiger partial charge in [-0.3, -0.25) is 0 Å². The summed E-state index contributed by atoms with van der Waals surface area (Å²) in [6, 6.07) is 58.4. The first-order valence-corrected chi connectivity index (χ1v) is 20.4. The predicted molar refractivity (Wildman–Crippen MR) is 254 cm³/mol. The fourth-order valence-corrected chi connectivity index (χ4v) is 8.51. The van der Waals surface area contributed by atoms with Gasteiger partial charge in [-0.25, -0.2) is 15.0 Å². The number of aromatic nitrogens is 4. The van der Waals surface area contributed by atoms with E-state index in [1.807, 2.05) is 115 Å². The van der Waals surface area contributed by atoms with Crippen LogP contribution in [0.2, 0.25) is 0 Å². The summed E-state index contributed by atoms with van der Waals surface area (Å²) in [6.45, 7) is 0. The van der Waals surface area contributed by atoms with E-state index in [2.05, 4.69) is 65.2 Å². The van der Waals surface area contributed by atoms with Crippen molar-refractivity contribution in [3.63, 3.8) is 0 Å². The van der Waals surface area contributed by atoms with Crippen LogP contribution >= 0.6 is 0 Å². The lowest BCUT2D eigenvalue weighted by Gasteiger charge is -2.17. The molecule has 0 spiro atoms. The van der Waals surface area contributed by atoms with Crippen LogP contribution in [-0.4, -0.2) is 19.5 Å². The molecule has 3 aromatic heterocycles. The molecule has 0 atom stereocenters. The van der Waals surface area contributed by atoms with Crippen LogP contribution in [0.3, 0.4) is 0 Å². The number of fused-ring (bicyclic) bond motifs is 6. The third-order valence-corrected chi connectivity index (χ3v) is 11.4. The standard InChI is InChI=1S/C57H36N4O/c1-3-16-37(17-4-1)39-20-13-22-41(34-39)55-58-56(42-23-14-21-40(35-42)38-18-5-2-6-19-38)60-57(59-55)43-32-33-46(48-27-15-28-49-47-26-9-12-31-53(47)62-54(48)49)52(36-43)61-50-29-10-7-24-44(50)45-25-8-11-30-51(45)61/h1-36H/i9D,15D,26D,27D,28D,31D. The van der Waals surface area contributed by atoms with Crippen LogP contribution in [0.5, 0.6) is 0 Å². The number of benzene rings is 9. The summed E-state index contributed by atoms with van der Waals surface area (Å²) in [4.78, 5) is 15.6. The van der Waals surface area contributed by atoms with E-state index in [4.69, 9.17) is 26.2 Å². The number of hydrogen-bond donors (Lipinski definition) is 0. The fourth-order valence-electron chi connectivity index (χ4n) is 8.51. The smallest absolute Gasteiger partial charge is 0.164 e. The van der Waals surface area contributed by atoms with E-state index in [1.54, 1.807) is 0 Å². The van der Waals surface area contributed by atoms with Crippen molar-refractivity contribution in [2.75, 3.05) is 0 Å². The average Bonchev–Trinajstić information content (AvgIpc) is 3.95. The van der Waals surface area contributed by atoms with Crippen LogP contribution in [0.4, 0.5) is 0 Å². The van der Waals surface area contributed by atoms with Gasteiger partial charge in [0.1, 0.15) is 11.2 Å². The number of furan rings is 1. The minimum Gasteiger partial charge on any atom is -0.455 e. The summed E-state index contributed by atoms with van der Waals surface area (Å²) in [6.07, 6.45) is 0. The molecule has 290 valence electrons. The Morgan fingerprint density at radius 3 is 1.50 bits per heavy atom. The monoisotopic (exact) mass is 798 g/mol. The molecule has 0 unspecified atom stereocenters. The van der Waals surface area contributed by atoms with Gasteiger partial charge < -0.3 is 8.98 Å². The van der Waals surface area contributed by atoms with Crippen LogP contribution in [0.15, 0.2) is 223 Å². The number of hydrogen-bond acceptors (Lipinski definition) is 4. The molecule has 0 radical (unpaired) electrons. The Kier molecular flexibility index (Phi) is 7.05. The first-order chi connectivity index (χ1) is 33.2. The van der Waals surface area contributed by atoms with Crippen LogP contribution < -0.4 is 0 Å². The Hall–Kier alpha value is -8.41. The first kappa shape index (κ1) is 29.7. The molecule has 0 amide bonds. The van der Waals surface area contributed by atoms with Crippen molar-refractivity contribution in [2.45, 2.75) is 0 Å². The predicted octanol–water partition coefficient (Wildman–Crippen LogP) is 14.9. The third-order valence-electron chi connectivity index (χ3n) is 11.4. The van der Waals surface area contributed by atoms with Gasteiger partial charge in [0.05, 0.1) is 24.9 Å². The quantitative estimate of drug-likeness (QED) is 0.161. The zero-order valence-electron chi connectivity index (χ0n) is 39.0. The van der Waals surface area contributed by atoms with E-state index in [9.17, 15) is 1.37 Å². The number of rotatable bonds is 7. The lowest BCUT2D eigenvalue weighted by Crippen LogP contribution is -2.02. The molecule has 0 aliphatic heterocycles. The van der Waals surface area contributed by atoms with Gasteiger partial charge in [0.25, 0.3) is 0 Å². The molecule has 0 N–H and O–H groups in total. The molecule has 0 aliphatic carbocycles. The molecule has 12 rings (SSSR count). The van der Waals surface area contributed by atoms with E-state index in [-0.39, 0.29) is 63.8 Å². The molecule has 0 aliphatic rings. The maximum Gasteiger partial charge on any atom is 0.164 e. The molecule has 3 heterocycles. The topological polar surface area (TPSA) is 56.7 Å². The van der Waals surface area contributed by atoms with Gasteiger partial charge >= 0.3 is 0 Å². The van der Waals surface area contributed by atoms with Gasteiger partial charge in [-0.2, -0.15) is 0 Å². The molecular formula is C57H36N4O. The van der Waals surface area contributed by atoms with Crippen molar-refractivity contribution < 1.29 is 12.6 Å². The van der Waals surface area contributed by atoms with E-state index < -0.39 is 0 Å². The van der Waals surface area contributed by atoms with E-state index in [0.29, 0.717) is 34.3 Å². The first-order valence-electron chi connectivity index (χ1n) is 23.4. The molecule has 12 aromatic rings.